The maximum Gasteiger partial charge on any atom is 0.387 e. The second-order valence-electron chi connectivity index (χ2n) is 4.44. The number of amides is 2. The molecule has 124 valence electrons. The van der Waals surface area contributed by atoms with Crippen LogP contribution in [0.1, 0.15) is 19.4 Å². The van der Waals surface area contributed by atoms with Crippen LogP contribution in [0.2, 0.25) is 0 Å². The van der Waals surface area contributed by atoms with Gasteiger partial charge in [-0.3, -0.25) is 14.5 Å². The lowest BCUT2D eigenvalue weighted by Crippen LogP contribution is -2.27. The number of ether oxygens (including phenoxy) is 2. The van der Waals surface area contributed by atoms with Crippen molar-refractivity contribution in [2.45, 2.75) is 20.5 Å². The second kappa shape index (κ2) is 7.45. The fourth-order valence-corrected chi connectivity index (χ4v) is 2.90. The van der Waals surface area contributed by atoms with E-state index in [1.165, 1.54) is 24.3 Å². The largest absolute Gasteiger partial charge is 0.490 e. The Labute approximate surface area is 136 Å². The van der Waals surface area contributed by atoms with Crippen LogP contribution in [0.25, 0.3) is 6.08 Å². The van der Waals surface area contributed by atoms with E-state index >= 15 is 0 Å². The summed E-state index contributed by atoms with van der Waals surface area (Å²) in [4.78, 5) is 25.1. The van der Waals surface area contributed by atoms with Crippen molar-refractivity contribution >= 4 is 29.0 Å². The molecule has 1 aromatic carbocycles. The van der Waals surface area contributed by atoms with Gasteiger partial charge in [0.1, 0.15) is 0 Å². The summed E-state index contributed by atoms with van der Waals surface area (Å²) in [5.74, 6) is -0.301. The number of likely N-dealkylation sites (N-methyl/N-ethyl adjacent to an activating group) is 1. The summed E-state index contributed by atoms with van der Waals surface area (Å²) in [6.45, 7) is 1.04. The van der Waals surface area contributed by atoms with Crippen LogP contribution >= 0.6 is 11.8 Å². The van der Waals surface area contributed by atoms with E-state index in [1.807, 2.05) is 0 Å². The number of carbonyl (C=O) groups excluding carboxylic acids is 2. The summed E-state index contributed by atoms with van der Waals surface area (Å²) in [6.07, 6.45) is 1.52. The van der Waals surface area contributed by atoms with Crippen LogP contribution in [0.5, 0.6) is 11.5 Å². The van der Waals surface area contributed by atoms with Crippen LogP contribution in [0, 0.1) is 0 Å². The van der Waals surface area contributed by atoms with Gasteiger partial charge in [0, 0.05) is 6.54 Å². The fraction of sp³-hybridized carbons (Fsp3) is 0.333. The Balaban J connectivity index is 2.30. The number of nitrogens with zero attached hydrogens (tertiary/aromatic N) is 1. The summed E-state index contributed by atoms with van der Waals surface area (Å²) < 4.78 is 34.4. The molecule has 0 bridgehead atoms. The fourth-order valence-electron chi connectivity index (χ4n) is 2.00. The summed E-state index contributed by atoms with van der Waals surface area (Å²) in [6, 6.07) is 4.34. The number of halogens is 2. The first-order valence-electron chi connectivity index (χ1n) is 6.93. The predicted molar refractivity (Wildman–Crippen MR) is 82.6 cm³/mol. The van der Waals surface area contributed by atoms with E-state index < -0.39 is 6.61 Å². The summed E-state index contributed by atoms with van der Waals surface area (Å²) in [5, 5.41) is -0.327. The first-order valence-corrected chi connectivity index (χ1v) is 7.75. The minimum atomic E-state index is -2.96. The number of benzene rings is 1. The van der Waals surface area contributed by atoms with Crippen LogP contribution in [0.4, 0.5) is 13.6 Å². The van der Waals surface area contributed by atoms with E-state index in [-0.39, 0.29) is 34.2 Å². The van der Waals surface area contributed by atoms with Crippen molar-refractivity contribution in [1.29, 1.82) is 0 Å². The molecule has 1 aliphatic rings. The topological polar surface area (TPSA) is 55.8 Å². The van der Waals surface area contributed by atoms with Gasteiger partial charge >= 0.3 is 6.61 Å². The summed E-state index contributed by atoms with van der Waals surface area (Å²) in [5.41, 5.74) is 0.552. The number of alkyl halides is 2. The van der Waals surface area contributed by atoms with Crippen LogP contribution in [0.15, 0.2) is 23.1 Å². The molecule has 23 heavy (non-hydrogen) atoms. The van der Waals surface area contributed by atoms with Gasteiger partial charge in [-0.2, -0.15) is 8.78 Å². The Kier molecular flexibility index (Phi) is 5.59. The molecule has 1 aliphatic heterocycles. The normalized spacial score (nSPS) is 16.6. The third-order valence-corrected chi connectivity index (χ3v) is 3.88. The molecular formula is C15H15F2NO4S. The van der Waals surface area contributed by atoms with E-state index in [9.17, 15) is 18.4 Å². The molecule has 8 heteroatoms. The van der Waals surface area contributed by atoms with Gasteiger partial charge in [0.15, 0.2) is 11.5 Å². The van der Waals surface area contributed by atoms with Crippen molar-refractivity contribution < 1.29 is 27.8 Å². The zero-order valence-electron chi connectivity index (χ0n) is 12.5. The Morgan fingerprint density at radius 3 is 2.57 bits per heavy atom. The van der Waals surface area contributed by atoms with Crippen molar-refractivity contribution in [3.63, 3.8) is 0 Å². The lowest BCUT2D eigenvalue weighted by molar-refractivity contribution is -0.122. The number of thioether (sulfide) groups is 1. The molecule has 5 nitrogen and oxygen atoms in total. The van der Waals surface area contributed by atoms with E-state index in [4.69, 9.17) is 4.74 Å². The maximum absolute atomic E-state index is 12.4. The average Bonchev–Trinajstić information content (AvgIpc) is 2.75. The molecule has 1 heterocycles. The smallest absolute Gasteiger partial charge is 0.387 e. The van der Waals surface area contributed by atoms with Gasteiger partial charge in [-0.25, -0.2) is 0 Å². The molecule has 0 aliphatic carbocycles. The van der Waals surface area contributed by atoms with Gasteiger partial charge in [0.05, 0.1) is 11.5 Å². The number of rotatable bonds is 6. The first-order chi connectivity index (χ1) is 11.0. The van der Waals surface area contributed by atoms with Gasteiger partial charge in [-0.05, 0) is 49.4 Å². The molecule has 1 saturated heterocycles. The van der Waals surface area contributed by atoms with Crippen LogP contribution < -0.4 is 9.47 Å². The lowest BCUT2D eigenvalue weighted by atomic mass is 10.2. The zero-order chi connectivity index (χ0) is 17.0. The lowest BCUT2D eigenvalue weighted by Gasteiger charge is -2.12. The van der Waals surface area contributed by atoms with Crippen molar-refractivity contribution in [3.8, 4) is 11.5 Å². The highest BCUT2D eigenvalue weighted by atomic mass is 32.2. The van der Waals surface area contributed by atoms with Gasteiger partial charge in [-0.15, -0.1) is 0 Å². The van der Waals surface area contributed by atoms with E-state index in [1.54, 1.807) is 13.8 Å². The summed E-state index contributed by atoms with van der Waals surface area (Å²) >= 11 is 0.842. The molecule has 2 amide bonds. The van der Waals surface area contributed by atoms with Crippen molar-refractivity contribution in [3.05, 3.63) is 28.7 Å². The third kappa shape index (κ3) is 4.01. The number of hydrogen-bond acceptors (Lipinski definition) is 5. The third-order valence-electron chi connectivity index (χ3n) is 2.97. The molecule has 0 radical (unpaired) electrons. The number of hydrogen-bond donors (Lipinski definition) is 0. The van der Waals surface area contributed by atoms with E-state index in [2.05, 4.69) is 4.74 Å². The predicted octanol–water partition coefficient (Wildman–Crippen LogP) is 3.74. The highest BCUT2D eigenvalue weighted by Crippen LogP contribution is 2.34. The van der Waals surface area contributed by atoms with Gasteiger partial charge in [-0.1, -0.05) is 6.07 Å². The maximum atomic E-state index is 12.4. The van der Waals surface area contributed by atoms with E-state index in [0.717, 1.165) is 16.7 Å². The Hall–Kier alpha value is -2.09. The van der Waals surface area contributed by atoms with Crippen molar-refractivity contribution in [2.24, 2.45) is 0 Å². The Morgan fingerprint density at radius 2 is 2.00 bits per heavy atom. The molecule has 1 aromatic rings. The molecular weight excluding hydrogens is 328 g/mol. The molecule has 0 atom stereocenters. The SMILES string of the molecule is CCOc1cc(/C=C2\SC(=O)N(CC)C2=O)ccc1OC(F)F. The average molecular weight is 343 g/mol. The molecule has 1 fully saturated rings. The molecule has 0 aromatic heterocycles. The standard InChI is InChI=1S/C15H15F2NO4S/c1-3-18-13(19)12(23-15(18)20)8-9-5-6-10(22-14(16)17)11(7-9)21-4-2/h5-8,14H,3-4H2,1-2H3/b12-8-. The van der Waals surface area contributed by atoms with Crippen molar-refractivity contribution in [2.75, 3.05) is 13.2 Å². The number of carbonyl (C=O) groups is 2. The summed E-state index contributed by atoms with van der Waals surface area (Å²) in [7, 11) is 0. The minimum absolute atomic E-state index is 0.0827. The monoisotopic (exact) mass is 343 g/mol. The first kappa shape index (κ1) is 17.3. The van der Waals surface area contributed by atoms with Crippen LogP contribution in [-0.2, 0) is 4.79 Å². The van der Waals surface area contributed by atoms with Gasteiger partial charge in [0.2, 0.25) is 0 Å². The molecule has 2 rings (SSSR count). The minimum Gasteiger partial charge on any atom is -0.490 e. The zero-order valence-corrected chi connectivity index (χ0v) is 13.4. The Morgan fingerprint density at radius 1 is 1.26 bits per heavy atom. The highest BCUT2D eigenvalue weighted by Gasteiger charge is 2.33. The van der Waals surface area contributed by atoms with Gasteiger partial charge < -0.3 is 9.47 Å². The number of imide groups is 1. The van der Waals surface area contributed by atoms with Gasteiger partial charge in [0.25, 0.3) is 11.1 Å². The quantitative estimate of drug-likeness (QED) is 0.737. The van der Waals surface area contributed by atoms with Crippen molar-refractivity contribution in [1.82, 2.24) is 4.90 Å². The van der Waals surface area contributed by atoms with Crippen LogP contribution in [0.3, 0.4) is 0 Å². The van der Waals surface area contributed by atoms with E-state index in [0.29, 0.717) is 12.1 Å². The molecule has 0 unspecified atom stereocenters. The Bertz CT molecular complexity index is 648. The van der Waals surface area contributed by atoms with Crippen LogP contribution in [-0.4, -0.2) is 35.8 Å². The second-order valence-corrected chi connectivity index (χ2v) is 5.44. The highest BCUT2D eigenvalue weighted by molar-refractivity contribution is 8.18. The molecule has 0 spiro atoms. The molecule has 0 saturated carbocycles. The molecule has 0 N–H and O–H groups in total.